The van der Waals surface area contributed by atoms with Gasteiger partial charge >= 0.3 is 0 Å². The molecule has 0 saturated carbocycles. The highest BCUT2D eigenvalue weighted by Gasteiger charge is 2.36. The number of hydrogen-bond donors (Lipinski definition) is 1. The van der Waals surface area contributed by atoms with E-state index in [9.17, 15) is 18.8 Å². The van der Waals surface area contributed by atoms with Gasteiger partial charge in [-0.2, -0.15) is 9.37 Å². The second-order valence-electron chi connectivity index (χ2n) is 8.43. The molecule has 5 rings (SSSR count). The van der Waals surface area contributed by atoms with Crippen LogP contribution in [0.5, 0.6) is 11.6 Å². The van der Waals surface area contributed by atoms with Crippen molar-refractivity contribution in [2.75, 3.05) is 43.1 Å². The maximum Gasteiger partial charge on any atom is 0.294 e. The van der Waals surface area contributed by atoms with Crippen molar-refractivity contribution >= 4 is 57.9 Å². The molecule has 0 radical (unpaired) electrons. The minimum Gasteiger partial charge on any atom is -0.436 e. The van der Waals surface area contributed by atoms with Crippen LogP contribution in [-0.2, 0) is 14.3 Å². The Kier molecular flexibility index (Phi) is 8.05. The van der Waals surface area contributed by atoms with Gasteiger partial charge in [0, 0.05) is 24.5 Å². The number of ether oxygens (including phenoxy) is 2. The van der Waals surface area contributed by atoms with Gasteiger partial charge in [-0.1, -0.05) is 12.1 Å². The highest BCUT2D eigenvalue weighted by molar-refractivity contribution is 8.18. The molecule has 1 aromatic heterocycles. The lowest BCUT2D eigenvalue weighted by Crippen LogP contribution is -2.36. The summed E-state index contributed by atoms with van der Waals surface area (Å²) in [5.41, 5.74) is 2.09. The predicted molar refractivity (Wildman–Crippen MR) is 144 cm³/mol. The van der Waals surface area contributed by atoms with E-state index in [2.05, 4.69) is 20.2 Å². The van der Waals surface area contributed by atoms with Gasteiger partial charge in [-0.05, 0) is 71.4 Å². The van der Waals surface area contributed by atoms with Crippen molar-refractivity contribution in [2.24, 2.45) is 0 Å². The van der Waals surface area contributed by atoms with E-state index in [1.807, 2.05) is 12.1 Å². The molecule has 2 aliphatic heterocycles. The molecule has 0 unspecified atom stereocenters. The Hall–Kier alpha value is -4.00. The molecule has 2 aromatic carbocycles. The van der Waals surface area contributed by atoms with Gasteiger partial charge in [0.2, 0.25) is 17.0 Å². The fourth-order valence-electron chi connectivity index (χ4n) is 3.89. The van der Waals surface area contributed by atoms with Gasteiger partial charge < -0.3 is 19.7 Å². The van der Waals surface area contributed by atoms with E-state index in [-0.39, 0.29) is 21.8 Å². The van der Waals surface area contributed by atoms with Crippen molar-refractivity contribution in [3.05, 3.63) is 76.3 Å². The Morgan fingerprint density at radius 1 is 1.18 bits per heavy atom. The molecule has 2 aliphatic rings. The number of aromatic nitrogens is 2. The number of morpholine rings is 1. The first kappa shape index (κ1) is 26.6. The van der Waals surface area contributed by atoms with Crippen molar-refractivity contribution in [3.63, 3.8) is 0 Å². The summed E-state index contributed by atoms with van der Waals surface area (Å²) in [4.78, 5) is 48.4. The Balaban J connectivity index is 1.21. The van der Waals surface area contributed by atoms with E-state index in [0.717, 1.165) is 41.6 Å². The number of imide groups is 1. The summed E-state index contributed by atoms with van der Waals surface area (Å²) in [6.45, 7) is 2.51. The van der Waals surface area contributed by atoms with Crippen LogP contribution < -0.4 is 15.0 Å². The average molecular weight is 570 g/mol. The van der Waals surface area contributed by atoms with Crippen molar-refractivity contribution in [1.29, 1.82) is 0 Å². The second-order valence-corrected chi connectivity index (χ2v) is 9.76. The van der Waals surface area contributed by atoms with Crippen LogP contribution in [0, 0.1) is 5.82 Å². The number of amides is 3. The molecule has 0 atom stereocenters. The number of thioether (sulfide) groups is 1. The third-order valence-corrected chi connectivity index (χ3v) is 6.85. The lowest BCUT2D eigenvalue weighted by Gasteiger charge is -2.28. The Morgan fingerprint density at radius 3 is 2.72 bits per heavy atom. The van der Waals surface area contributed by atoms with Gasteiger partial charge in [0.15, 0.2) is 0 Å². The smallest absolute Gasteiger partial charge is 0.294 e. The third kappa shape index (κ3) is 6.53. The molecule has 2 saturated heterocycles. The van der Waals surface area contributed by atoms with Gasteiger partial charge in [-0.3, -0.25) is 19.3 Å². The second kappa shape index (κ2) is 11.8. The van der Waals surface area contributed by atoms with Gasteiger partial charge in [-0.15, -0.1) is 0 Å². The predicted octanol–water partition coefficient (Wildman–Crippen LogP) is 4.57. The van der Waals surface area contributed by atoms with Gasteiger partial charge in [0.05, 0.1) is 24.3 Å². The average Bonchev–Trinajstić information content (AvgIpc) is 3.19. The van der Waals surface area contributed by atoms with Crippen LogP contribution in [0.3, 0.4) is 0 Å². The zero-order chi connectivity index (χ0) is 27.4. The van der Waals surface area contributed by atoms with Crippen molar-refractivity contribution in [2.45, 2.75) is 0 Å². The largest absolute Gasteiger partial charge is 0.436 e. The number of anilines is 2. The van der Waals surface area contributed by atoms with Gasteiger partial charge in [0.25, 0.3) is 17.0 Å². The van der Waals surface area contributed by atoms with E-state index in [1.54, 1.807) is 30.3 Å². The summed E-state index contributed by atoms with van der Waals surface area (Å²) in [6.07, 6.45) is 2.38. The molecule has 0 aliphatic carbocycles. The summed E-state index contributed by atoms with van der Waals surface area (Å²) in [6, 6.07) is 13.7. The summed E-state index contributed by atoms with van der Waals surface area (Å²) >= 11 is 6.42. The standard InChI is InChI=1S/C26H21ClFN5O5S/c27-25-29-14-20(28)23(31-25)38-19-3-1-2-16(12-19)13-21-24(35)33(26(36)39-21)15-22(34)30-17-4-6-18(7-5-17)32-8-10-37-11-9-32/h1-7,12-14H,8-11,15H2,(H,30,34). The molecule has 3 aromatic rings. The van der Waals surface area contributed by atoms with Crippen LogP contribution in [0.4, 0.5) is 20.6 Å². The number of carbonyl (C=O) groups excluding carboxylic acids is 3. The number of halogens is 2. The summed E-state index contributed by atoms with van der Waals surface area (Å²) in [5, 5.41) is 1.98. The fourth-order valence-corrected chi connectivity index (χ4v) is 4.86. The molecule has 10 nitrogen and oxygen atoms in total. The monoisotopic (exact) mass is 569 g/mol. The van der Waals surface area contributed by atoms with E-state index in [4.69, 9.17) is 21.1 Å². The zero-order valence-corrected chi connectivity index (χ0v) is 21.9. The molecular formula is C26H21ClFN5O5S. The highest BCUT2D eigenvalue weighted by Crippen LogP contribution is 2.33. The molecule has 3 amide bonds. The molecule has 13 heteroatoms. The van der Waals surface area contributed by atoms with Gasteiger partial charge in [0.1, 0.15) is 12.3 Å². The Labute approximate surface area is 231 Å². The summed E-state index contributed by atoms with van der Waals surface area (Å²) in [7, 11) is 0. The van der Waals surface area contributed by atoms with E-state index >= 15 is 0 Å². The SMILES string of the molecule is O=C(CN1C(=O)SC(=Cc2cccc(Oc3nc(Cl)ncc3F)c2)C1=O)Nc1ccc(N2CCOCC2)cc1. The van der Waals surface area contributed by atoms with Gasteiger partial charge in [-0.25, -0.2) is 4.98 Å². The first-order valence-corrected chi connectivity index (χ1v) is 13.0. The molecule has 2 fully saturated rings. The zero-order valence-electron chi connectivity index (χ0n) is 20.3. The maximum absolute atomic E-state index is 13.9. The molecule has 1 N–H and O–H groups in total. The van der Waals surface area contributed by atoms with Crippen LogP contribution in [0.25, 0.3) is 6.08 Å². The Bertz CT molecular complexity index is 1450. The Morgan fingerprint density at radius 2 is 1.95 bits per heavy atom. The minimum atomic E-state index is -0.794. The quantitative estimate of drug-likeness (QED) is 0.323. The number of hydrogen-bond acceptors (Lipinski definition) is 9. The third-order valence-electron chi connectivity index (χ3n) is 5.76. The number of carbonyl (C=O) groups is 3. The van der Waals surface area contributed by atoms with Crippen molar-refractivity contribution < 1.29 is 28.2 Å². The van der Waals surface area contributed by atoms with E-state index < -0.39 is 29.4 Å². The molecule has 200 valence electrons. The lowest BCUT2D eigenvalue weighted by molar-refractivity contribution is -0.127. The number of nitrogens with zero attached hydrogens (tertiary/aromatic N) is 4. The van der Waals surface area contributed by atoms with Crippen LogP contribution in [-0.4, -0.2) is 64.8 Å². The highest BCUT2D eigenvalue weighted by atomic mass is 35.5. The number of rotatable bonds is 7. The van der Waals surface area contributed by atoms with Crippen LogP contribution in [0.15, 0.2) is 59.6 Å². The summed E-state index contributed by atoms with van der Waals surface area (Å²) < 4.78 is 24.7. The summed E-state index contributed by atoms with van der Waals surface area (Å²) in [5.74, 6) is -2.01. The minimum absolute atomic E-state index is 0.135. The van der Waals surface area contributed by atoms with E-state index in [1.165, 1.54) is 12.1 Å². The molecule has 3 heterocycles. The molecule has 0 bridgehead atoms. The first-order valence-electron chi connectivity index (χ1n) is 11.8. The first-order chi connectivity index (χ1) is 18.9. The molecule has 0 spiro atoms. The molecule has 39 heavy (non-hydrogen) atoms. The van der Waals surface area contributed by atoms with Crippen molar-refractivity contribution in [3.8, 4) is 11.6 Å². The van der Waals surface area contributed by atoms with E-state index in [0.29, 0.717) is 24.5 Å². The number of nitrogens with one attached hydrogen (secondary N) is 1. The lowest BCUT2D eigenvalue weighted by atomic mass is 10.2. The van der Waals surface area contributed by atoms with Crippen LogP contribution >= 0.6 is 23.4 Å². The van der Waals surface area contributed by atoms with Crippen LogP contribution in [0.1, 0.15) is 5.56 Å². The van der Waals surface area contributed by atoms with Crippen molar-refractivity contribution in [1.82, 2.24) is 14.9 Å². The number of benzene rings is 2. The molecular weight excluding hydrogens is 549 g/mol. The van der Waals surface area contributed by atoms with Crippen LogP contribution in [0.2, 0.25) is 5.28 Å². The maximum atomic E-state index is 13.9. The topological polar surface area (TPSA) is 114 Å². The normalized spacial score (nSPS) is 16.6. The fraction of sp³-hybridized carbons (Fsp3) is 0.192.